The topological polar surface area (TPSA) is 54.9 Å². The molecule has 5 heteroatoms. The van der Waals surface area contributed by atoms with E-state index in [0.29, 0.717) is 6.54 Å². The van der Waals surface area contributed by atoms with Crippen LogP contribution in [-0.4, -0.2) is 32.8 Å². The number of hydrogen-bond donors (Lipinski definition) is 2. The summed E-state index contributed by atoms with van der Waals surface area (Å²) in [5.74, 6) is 1.66. The quantitative estimate of drug-likeness (QED) is 0.381. The molecule has 2 N–H and O–H groups in total. The first-order valence-corrected chi connectivity index (χ1v) is 9.49. The van der Waals surface area contributed by atoms with Gasteiger partial charge in [0.15, 0.2) is 5.96 Å². The molecule has 0 radical (unpaired) electrons. The standard InChI is InChI=1S/C22H31N3O2/c1-4-27-15-5-14-23-22(24-16-19-8-6-18(2)7-9-19)25-17-20-10-12-21(26-3)13-11-20/h6-13H,4-5,14-17H2,1-3H3,(H2,23,24,25). The van der Waals surface area contributed by atoms with E-state index in [2.05, 4.69) is 41.8 Å². The van der Waals surface area contributed by atoms with Gasteiger partial charge in [-0.2, -0.15) is 0 Å². The van der Waals surface area contributed by atoms with Crippen LogP contribution in [-0.2, 0) is 17.8 Å². The van der Waals surface area contributed by atoms with E-state index in [4.69, 9.17) is 14.5 Å². The summed E-state index contributed by atoms with van der Waals surface area (Å²) in [7, 11) is 1.67. The molecule has 27 heavy (non-hydrogen) atoms. The maximum Gasteiger partial charge on any atom is 0.191 e. The molecule has 0 aliphatic rings. The van der Waals surface area contributed by atoms with Gasteiger partial charge in [0.25, 0.3) is 0 Å². The van der Waals surface area contributed by atoms with Crippen LogP contribution in [0.25, 0.3) is 0 Å². The minimum absolute atomic E-state index is 0.610. The summed E-state index contributed by atoms with van der Waals surface area (Å²) in [4.78, 5) is 4.71. The van der Waals surface area contributed by atoms with Gasteiger partial charge in [-0.05, 0) is 43.5 Å². The Morgan fingerprint density at radius 1 is 0.963 bits per heavy atom. The van der Waals surface area contributed by atoms with Crippen molar-refractivity contribution in [2.75, 3.05) is 26.9 Å². The van der Waals surface area contributed by atoms with Gasteiger partial charge in [-0.3, -0.25) is 0 Å². The third-order valence-electron chi connectivity index (χ3n) is 4.12. The highest BCUT2D eigenvalue weighted by Gasteiger charge is 2.01. The first-order chi connectivity index (χ1) is 13.2. The highest BCUT2D eigenvalue weighted by atomic mass is 16.5. The Morgan fingerprint density at radius 2 is 1.67 bits per heavy atom. The Bertz CT molecular complexity index is 682. The van der Waals surface area contributed by atoms with Crippen molar-refractivity contribution in [3.05, 3.63) is 65.2 Å². The molecule has 2 aromatic rings. The number of methoxy groups -OCH3 is 1. The van der Waals surface area contributed by atoms with Crippen LogP contribution in [0, 0.1) is 6.92 Å². The van der Waals surface area contributed by atoms with Crippen LogP contribution >= 0.6 is 0 Å². The third kappa shape index (κ3) is 8.13. The molecule has 2 aromatic carbocycles. The van der Waals surface area contributed by atoms with Gasteiger partial charge in [-0.25, -0.2) is 4.99 Å². The summed E-state index contributed by atoms with van der Waals surface area (Å²) in [5.41, 5.74) is 3.64. The predicted molar refractivity (Wildman–Crippen MR) is 111 cm³/mol. The zero-order valence-corrected chi connectivity index (χ0v) is 16.6. The second-order valence-corrected chi connectivity index (χ2v) is 6.33. The van der Waals surface area contributed by atoms with E-state index in [9.17, 15) is 0 Å². The summed E-state index contributed by atoms with van der Waals surface area (Å²) < 4.78 is 10.6. The van der Waals surface area contributed by atoms with Crippen LogP contribution in [0.1, 0.15) is 30.0 Å². The number of aliphatic imine (C=N–C) groups is 1. The molecule has 0 aliphatic carbocycles. The highest BCUT2D eigenvalue weighted by molar-refractivity contribution is 5.79. The number of guanidine groups is 1. The summed E-state index contributed by atoms with van der Waals surface area (Å²) in [6, 6.07) is 16.5. The van der Waals surface area contributed by atoms with Crippen LogP contribution in [0.5, 0.6) is 5.75 Å². The summed E-state index contributed by atoms with van der Waals surface area (Å²) in [6.07, 6.45) is 0.946. The average molecular weight is 370 g/mol. The number of benzene rings is 2. The van der Waals surface area contributed by atoms with Crippen molar-refractivity contribution in [3.8, 4) is 5.75 Å². The minimum atomic E-state index is 0.610. The average Bonchev–Trinajstić information content (AvgIpc) is 2.71. The van der Waals surface area contributed by atoms with E-state index >= 15 is 0 Å². The molecule has 0 amide bonds. The lowest BCUT2D eigenvalue weighted by Gasteiger charge is -2.13. The van der Waals surface area contributed by atoms with Crippen molar-refractivity contribution in [2.24, 2.45) is 4.99 Å². The molecule has 0 heterocycles. The Morgan fingerprint density at radius 3 is 2.33 bits per heavy atom. The normalized spacial score (nSPS) is 11.3. The molecule has 0 saturated carbocycles. The van der Waals surface area contributed by atoms with Gasteiger partial charge in [0.2, 0.25) is 0 Å². The van der Waals surface area contributed by atoms with Gasteiger partial charge < -0.3 is 20.1 Å². The predicted octanol–water partition coefficient (Wildman–Crippen LogP) is 3.67. The Kier molecular flexibility index (Phi) is 9.21. The van der Waals surface area contributed by atoms with E-state index in [1.54, 1.807) is 7.11 Å². The van der Waals surface area contributed by atoms with Gasteiger partial charge in [-0.1, -0.05) is 42.0 Å². The largest absolute Gasteiger partial charge is 0.497 e. The van der Waals surface area contributed by atoms with E-state index in [1.807, 2.05) is 31.2 Å². The second-order valence-electron chi connectivity index (χ2n) is 6.33. The molecule has 0 aromatic heterocycles. The minimum Gasteiger partial charge on any atom is -0.497 e. The molecule has 2 rings (SSSR count). The van der Waals surface area contributed by atoms with Crippen LogP contribution in [0.4, 0.5) is 0 Å². The van der Waals surface area contributed by atoms with E-state index in [0.717, 1.165) is 50.0 Å². The molecule has 0 fully saturated rings. The van der Waals surface area contributed by atoms with Crippen molar-refractivity contribution in [1.29, 1.82) is 0 Å². The molecule has 0 spiro atoms. The van der Waals surface area contributed by atoms with E-state index in [-0.39, 0.29) is 0 Å². The zero-order valence-electron chi connectivity index (χ0n) is 16.6. The monoisotopic (exact) mass is 369 g/mol. The number of rotatable bonds is 10. The van der Waals surface area contributed by atoms with Crippen molar-refractivity contribution >= 4 is 5.96 Å². The van der Waals surface area contributed by atoms with Gasteiger partial charge in [0.05, 0.1) is 13.7 Å². The Labute approximate surface area is 162 Å². The van der Waals surface area contributed by atoms with Crippen molar-refractivity contribution in [1.82, 2.24) is 10.6 Å². The van der Waals surface area contributed by atoms with Gasteiger partial charge in [-0.15, -0.1) is 0 Å². The molecule has 0 bridgehead atoms. The Balaban J connectivity index is 1.92. The molecular weight excluding hydrogens is 338 g/mol. The SMILES string of the molecule is CCOCCCNC(=NCc1ccc(OC)cc1)NCc1ccc(C)cc1. The van der Waals surface area contributed by atoms with E-state index < -0.39 is 0 Å². The van der Waals surface area contributed by atoms with Gasteiger partial charge in [0.1, 0.15) is 5.75 Å². The van der Waals surface area contributed by atoms with Crippen LogP contribution in [0.2, 0.25) is 0 Å². The molecule has 5 nitrogen and oxygen atoms in total. The number of ether oxygens (including phenoxy) is 2. The summed E-state index contributed by atoms with van der Waals surface area (Å²) in [6.45, 7) is 7.79. The maximum absolute atomic E-state index is 5.39. The Hall–Kier alpha value is -2.53. The van der Waals surface area contributed by atoms with Crippen molar-refractivity contribution in [2.45, 2.75) is 33.4 Å². The first-order valence-electron chi connectivity index (χ1n) is 9.49. The first kappa shape index (κ1) is 20.8. The summed E-state index contributed by atoms with van der Waals surface area (Å²) in [5, 5.41) is 6.80. The van der Waals surface area contributed by atoms with Crippen LogP contribution in [0.15, 0.2) is 53.5 Å². The zero-order chi connectivity index (χ0) is 19.3. The highest BCUT2D eigenvalue weighted by Crippen LogP contribution is 2.11. The molecule has 0 saturated heterocycles. The van der Waals surface area contributed by atoms with Crippen molar-refractivity contribution < 1.29 is 9.47 Å². The fourth-order valence-electron chi connectivity index (χ4n) is 2.49. The fourth-order valence-corrected chi connectivity index (χ4v) is 2.49. The third-order valence-corrected chi connectivity index (χ3v) is 4.12. The lowest BCUT2D eigenvalue weighted by Crippen LogP contribution is -2.37. The number of aryl methyl sites for hydroxylation is 1. The van der Waals surface area contributed by atoms with Crippen LogP contribution in [0.3, 0.4) is 0 Å². The lowest BCUT2D eigenvalue weighted by atomic mass is 10.1. The molecular formula is C22H31N3O2. The fraction of sp³-hybridized carbons (Fsp3) is 0.409. The molecule has 0 atom stereocenters. The molecule has 0 aliphatic heterocycles. The van der Waals surface area contributed by atoms with Crippen LogP contribution < -0.4 is 15.4 Å². The molecule has 146 valence electrons. The number of nitrogens with one attached hydrogen (secondary N) is 2. The molecule has 0 unspecified atom stereocenters. The van der Waals surface area contributed by atoms with E-state index in [1.165, 1.54) is 11.1 Å². The van der Waals surface area contributed by atoms with Gasteiger partial charge in [0, 0.05) is 26.3 Å². The van der Waals surface area contributed by atoms with Crippen molar-refractivity contribution in [3.63, 3.8) is 0 Å². The second kappa shape index (κ2) is 12.0. The maximum atomic E-state index is 5.39. The smallest absolute Gasteiger partial charge is 0.191 e. The lowest BCUT2D eigenvalue weighted by molar-refractivity contribution is 0.145. The summed E-state index contributed by atoms with van der Waals surface area (Å²) >= 11 is 0. The number of hydrogen-bond acceptors (Lipinski definition) is 3. The number of nitrogens with zero attached hydrogens (tertiary/aromatic N) is 1. The van der Waals surface area contributed by atoms with Gasteiger partial charge >= 0.3 is 0 Å².